The number of benzene rings is 1. The molecule has 69 valence electrons. The molecule has 0 saturated carbocycles. The van der Waals surface area contributed by atoms with Gasteiger partial charge in [-0.1, -0.05) is 12.1 Å². The highest BCUT2D eigenvalue weighted by Crippen LogP contribution is 2.16. The summed E-state index contributed by atoms with van der Waals surface area (Å²) in [5, 5.41) is 9.30. The zero-order chi connectivity index (χ0) is 9.84. The second-order valence-electron chi connectivity index (χ2n) is 2.81. The van der Waals surface area contributed by atoms with Gasteiger partial charge in [0, 0.05) is 0 Å². The van der Waals surface area contributed by atoms with Gasteiger partial charge in [0.15, 0.2) is 0 Å². The van der Waals surface area contributed by atoms with E-state index in [1.54, 1.807) is 18.2 Å². The average molecular weight is 195 g/mol. The minimum atomic E-state index is -1.06. The maximum Gasteiger partial charge on any atom is 0.328 e. The van der Waals surface area contributed by atoms with Gasteiger partial charge in [-0.2, -0.15) is 0 Å². The Morgan fingerprint density at radius 3 is 2.54 bits per heavy atom. The van der Waals surface area contributed by atoms with Crippen molar-refractivity contribution in [2.45, 2.75) is 13.1 Å². The van der Waals surface area contributed by atoms with E-state index < -0.39 is 15.0 Å². The van der Waals surface area contributed by atoms with Gasteiger partial charge >= 0.3 is 5.97 Å². The minimum absolute atomic E-state index is 0.0317. The van der Waals surface area contributed by atoms with Gasteiger partial charge < -0.3 is 9.53 Å². The summed E-state index contributed by atoms with van der Waals surface area (Å²) in [5.41, 5.74) is 0.230. The van der Waals surface area contributed by atoms with E-state index in [-0.39, 0.29) is 11.3 Å². The first-order chi connectivity index (χ1) is 6.11. The molecule has 0 amide bonds. The topological polar surface area (TPSA) is 46.5 Å². The van der Waals surface area contributed by atoms with Crippen LogP contribution in [0.1, 0.15) is 10.4 Å². The van der Waals surface area contributed by atoms with E-state index in [0.717, 1.165) is 0 Å². The Balaban J connectivity index is 2.83. The number of rotatable bonds is 2. The molecule has 3 nitrogen and oxygen atoms in total. The molecule has 0 saturated heterocycles. The van der Waals surface area contributed by atoms with Gasteiger partial charge in [0.05, 0.1) is 5.56 Å². The van der Waals surface area contributed by atoms with E-state index in [9.17, 15) is 9.90 Å². The lowest BCUT2D eigenvalue weighted by atomic mass is 10.2. The Morgan fingerprint density at radius 2 is 2.00 bits per heavy atom. The number of hydrogen-bond donors (Lipinski definition) is 1. The third-order valence-electron chi connectivity index (χ3n) is 1.42. The van der Waals surface area contributed by atoms with Crippen LogP contribution in [0.2, 0.25) is 13.1 Å². The quantitative estimate of drug-likeness (QED) is 0.732. The van der Waals surface area contributed by atoms with Crippen LogP contribution in [-0.4, -0.2) is 20.1 Å². The van der Waals surface area contributed by atoms with Gasteiger partial charge in [-0.3, -0.25) is 0 Å². The Bertz CT molecular complexity index is 309. The third kappa shape index (κ3) is 2.59. The summed E-state index contributed by atoms with van der Waals surface area (Å²) in [4.78, 5) is 11.3. The Kier molecular flexibility index (Phi) is 3.08. The van der Waals surface area contributed by atoms with Crippen LogP contribution < -0.4 is 0 Å². The van der Waals surface area contributed by atoms with Gasteiger partial charge in [-0.15, -0.1) is 0 Å². The summed E-state index contributed by atoms with van der Waals surface area (Å²) >= 11 is 0. The first kappa shape index (κ1) is 9.79. The maximum atomic E-state index is 11.3. The van der Waals surface area contributed by atoms with E-state index in [1.807, 2.05) is 13.1 Å². The normalized spacial score (nSPS) is 10.1. The summed E-state index contributed by atoms with van der Waals surface area (Å²) < 4.78 is 5.02. The SMILES string of the molecule is C[Si](C)OC(=O)c1ccccc1O. The predicted octanol–water partition coefficient (Wildman–Crippen LogP) is 1.80. The lowest BCUT2D eigenvalue weighted by Gasteiger charge is -2.07. The van der Waals surface area contributed by atoms with E-state index in [0.29, 0.717) is 0 Å². The van der Waals surface area contributed by atoms with Crippen LogP contribution in [0.25, 0.3) is 0 Å². The van der Waals surface area contributed by atoms with Gasteiger partial charge in [0.1, 0.15) is 5.75 Å². The molecule has 1 rings (SSSR count). The molecule has 0 aromatic heterocycles. The molecule has 0 unspecified atom stereocenters. The number of carbonyl (C=O) groups excluding carboxylic acids is 1. The van der Waals surface area contributed by atoms with Crippen molar-refractivity contribution in [3.63, 3.8) is 0 Å². The highest BCUT2D eigenvalue weighted by molar-refractivity contribution is 6.51. The van der Waals surface area contributed by atoms with Crippen LogP contribution >= 0.6 is 0 Å². The Morgan fingerprint density at radius 1 is 1.38 bits per heavy atom. The summed E-state index contributed by atoms with van der Waals surface area (Å²) in [6.07, 6.45) is 0. The van der Waals surface area contributed by atoms with Crippen LogP contribution in [0.3, 0.4) is 0 Å². The van der Waals surface area contributed by atoms with Crippen LogP contribution in [0.5, 0.6) is 5.75 Å². The fourth-order valence-corrected chi connectivity index (χ4v) is 1.37. The molecule has 1 N–H and O–H groups in total. The molecule has 1 aromatic carbocycles. The molecular formula is C9H11O3Si. The summed E-state index contributed by atoms with van der Waals surface area (Å²) in [6, 6.07) is 6.36. The van der Waals surface area contributed by atoms with Crippen molar-refractivity contribution in [2.75, 3.05) is 0 Å². The van der Waals surface area contributed by atoms with Crippen molar-refractivity contribution >= 4 is 15.0 Å². The number of phenolic OH excluding ortho intramolecular Hbond substituents is 1. The number of aromatic hydroxyl groups is 1. The zero-order valence-electron chi connectivity index (χ0n) is 7.57. The fraction of sp³-hybridized carbons (Fsp3) is 0.222. The maximum absolute atomic E-state index is 11.3. The largest absolute Gasteiger partial charge is 0.515 e. The molecule has 0 aliphatic heterocycles. The lowest BCUT2D eigenvalue weighted by Crippen LogP contribution is -2.15. The fourth-order valence-electron chi connectivity index (χ4n) is 0.887. The summed E-state index contributed by atoms with van der Waals surface area (Å²) in [6.45, 7) is 3.73. The third-order valence-corrected chi connectivity index (χ3v) is 2.01. The van der Waals surface area contributed by atoms with E-state index in [2.05, 4.69) is 0 Å². The van der Waals surface area contributed by atoms with Crippen LogP contribution in [0.4, 0.5) is 0 Å². The van der Waals surface area contributed by atoms with Gasteiger partial charge in [0.25, 0.3) is 9.04 Å². The second kappa shape index (κ2) is 4.09. The van der Waals surface area contributed by atoms with E-state index in [1.165, 1.54) is 6.07 Å². The highest BCUT2D eigenvalue weighted by Gasteiger charge is 2.13. The molecule has 0 aliphatic rings. The lowest BCUT2D eigenvalue weighted by molar-refractivity contribution is 0.0731. The minimum Gasteiger partial charge on any atom is -0.515 e. The Hall–Kier alpha value is -1.29. The average Bonchev–Trinajstić information content (AvgIpc) is 2.03. The molecule has 4 heteroatoms. The van der Waals surface area contributed by atoms with Gasteiger partial charge in [-0.05, 0) is 25.2 Å². The van der Waals surface area contributed by atoms with Crippen molar-refractivity contribution in [3.8, 4) is 5.75 Å². The smallest absolute Gasteiger partial charge is 0.328 e. The first-order valence-electron chi connectivity index (χ1n) is 3.91. The molecule has 1 radical (unpaired) electrons. The standard InChI is InChI=1S/C9H11O3Si/c1-13(2)12-9(11)7-5-3-4-6-8(7)10/h3-6,10H,1-2H3. The molecule has 0 aliphatic carbocycles. The number of hydrogen-bond acceptors (Lipinski definition) is 3. The summed E-state index contributed by atoms with van der Waals surface area (Å²) in [5.74, 6) is -0.479. The van der Waals surface area contributed by atoms with Gasteiger partial charge in [0.2, 0.25) is 0 Å². The Labute approximate surface area is 78.7 Å². The first-order valence-corrected chi connectivity index (χ1v) is 6.32. The van der Waals surface area contributed by atoms with Crippen molar-refractivity contribution in [3.05, 3.63) is 29.8 Å². The summed E-state index contributed by atoms with van der Waals surface area (Å²) in [7, 11) is -1.06. The molecule has 13 heavy (non-hydrogen) atoms. The second-order valence-corrected chi connectivity index (χ2v) is 4.84. The number of carbonyl (C=O) groups is 1. The van der Waals surface area contributed by atoms with Crippen LogP contribution in [-0.2, 0) is 4.43 Å². The van der Waals surface area contributed by atoms with Crippen LogP contribution in [0.15, 0.2) is 24.3 Å². The highest BCUT2D eigenvalue weighted by atomic mass is 28.3. The molecule has 0 heterocycles. The van der Waals surface area contributed by atoms with E-state index >= 15 is 0 Å². The molecular weight excluding hydrogens is 184 g/mol. The predicted molar refractivity (Wildman–Crippen MR) is 51.0 cm³/mol. The van der Waals surface area contributed by atoms with E-state index in [4.69, 9.17) is 4.43 Å². The monoisotopic (exact) mass is 195 g/mol. The van der Waals surface area contributed by atoms with Crippen molar-refractivity contribution in [1.82, 2.24) is 0 Å². The van der Waals surface area contributed by atoms with Crippen molar-refractivity contribution in [1.29, 1.82) is 0 Å². The van der Waals surface area contributed by atoms with Crippen molar-refractivity contribution in [2.24, 2.45) is 0 Å². The molecule has 0 fully saturated rings. The number of phenols is 1. The zero-order valence-corrected chi connectivity index (χ0v) is 8.57. The molecule has 1 aromatic rings. The molecule has 0 atom stereocenters. The van der Waals surface area contributed by atoms with Crippen LogP contribution in [0, 0.1) is 0 Å². The molecule has 0 bridgehead atoms. The van der Waals surface area contributed by atoms with Crippen molar-refractivity contribution < 1.29 is 14.3 Å². The molecule has 0 spiro atoms. The number of para-hydroxylation sites is 1. The van der Waals surface area contributed by atoms with Gasteiger partial charge in [-0.25, -0.2) is 4.79 Å².